The Kier molecular flexibility index (Phi) is 7.14. The number of alkyl halides is 3. The van der Waals surface area contributed by atoms with Crippen LogP contribution in [0, 0.1) is 12.8 Å². The van der Waals surface area contributed by atoms with E-state index in [0.29, 0.717) is 30.6 Å². The number of piperidine rings is 1. The molecular weight excluding hydrogens is 455 g/mol. The number of fused-ring (bicyclic) bond motifs is 1. The number of anilines is 3. The predicted octanol–water partition coefficient (Wildman–Crippen LogP) is 5.66. The molecule has 35 heavy (non-hydrogen) atoms. The monoisotopic (exact) mass is 485 g/mol. The van der Waals surface area contributed by atoms with E-state index in [-0.39, 0.29) is 23.8 Å². The van der Waals surface area contributed by atoms with Gasteiger partial charge in [0.2, 0.25) is 5.91 Å². The van der Waals surface area contributed by atoms with Crippen molar-refractivity contribution in [3.63, 3.8) is 0 Å². The molecule has 0 spiro atoms. The average molecular weight is 486 g/mol. The first-order chi connectivity index (χ1) is 16.7. The van der Waals surface area contributed by atoms with Crippen molar-refractivity contribution in [2.45, 2.75) is 39.8 Å². The lowest BCUT2D eigenvalue weighted by molar-refractivity contribution is -0.140. The number of para-hydroxylation sites is 2. The standard InChI is InChI=1S/C26H30F3N5O/c1-4-33(5-2)19-12-13-20(17(3)15-19)32-25(35)18-9-8-14-34(16-18)24-23(26(27,28)29)30-21-10-6-7-11-22(21)31-24/h6-7,10-13,15,18H,4-5,8-9,14,16H2,1-3H3,(H,32,35)/t18-/m1/s1. The molecule has 2 aromatic carbocycles. The van der Waals surface area contributed by atoms with Gasteiger partial charge in [0.15, 0.2) is 11.5 Å². The molecule has 9 heteroatoms. The second kappa shape index (κ2) is 10.1. The number of amides is 1. The molecule has 1 saturated heterocycles. The minimum Gasteiger partial charge on any atom is -0.372 e. The van der Waals surface area contributed by atoms with Crippen molar-refractivity contribution in [2.75, 3.05) is 41.3 Å². The van der Waals surface area contributed by atoms with E-state index in [4.69, 9.17) is 0 Å². The molecular formula is C26H30F3N5O. The number of rotatable bonds is 6. The lowest BCUT2D eigenvalue weighted by Gasteiger charge is -2.34. The highest BCUT2D eigenvalue weighted by atomic mass is 19.4. The second-order valence-electron chi connectivity index (χ2n) is 8.83. The highest BCUT2D eigenvalue weighted by Gasteiger charge is 2.40. The summed E-state index contributed by atoms with van der Waals surface area (Å²) in [5, 5.41) is 2.99. The molecule has 1 fully saturated rings. The van der Waals surface area contributed by atoms with Gasteiger partial charge in [0.1, 0.15) is 0 Å². The summed E-state index contributed by atoms with van der Waals surface area (Å²) in [6.07, 6.45) is -3.46. The van der Waals surface area contributed by atoms with Crippen LogP contribution >= 0.6 is 0 Å². The fraction of sp³-hybridized carbons (Fsp3) is 0.423. The summed E-state index contributed by atoms with van der Waals surface area (Å²) in [6, 6.07) is 12.4. The largest absolute Gasteiger partial charge is 0.437 e. The SMILES string of the molecule is CCN(CC)c1ccc(NC(=O)[C@@H]2CCCN(c3nc4ccccc4nc3C(F)(F)F)C2)c(C)c1. The van der Waals surface area contributed by atoms with Gasteiger partial charge in [-0.3, -0.25) is 4.79 Å². The molecule has 6 nitrogen and oxygen atoms in total. The van der Waals surface area contributed by atoms with E-state index in [0.717, 1.165) is 24.3 Å². The minimum atomic E-state index is -4.65. The molecule has 1 aliphatic rings. The van der Waals surface area contributed by atoms with Gasteiger partial charge in [-0.1, -0.05) is 12.1 Å². The van der Waals surface area contributed by atoms with Crippen LogP contribution in [0.25, 0.3) is 11.0 Å². The Morgan fingerprint density at radius 3 is 2.43 bits per heavy atom. The number of carbonyl (C=O) groups excluding carboxylic acids is 1. The summed E-state index contributed by atoms with van der Waals surface area (Å²) in [7, 11) is 0. The third kappa shape index (κ3) is 5.33. The molecule has 2 heterocycles. The summed E-state index contributed by atoms with van der Waals surface area (Å²) in [6.45, 7) is 8.43. The average Bonchev–Trinajstić information content (AvgIpc) is 2.85. The van der Waals surface area contributed by atoms with Crippen molar-refractivity contribution in [3.8, 4) is 0 Å². The Balaban J connectivity index is 1.55. The third-order valence-electron chi connectivity index (χ3n) is 6.51. The van der Waals surface area contributed by atoms with Gasteiger partial charge < -0.3 is 15.1 Å². The number of hydrogen-bond donors (Lipinski definition) is 1. The van der Waals surface area contributed by atoms with Crippen molar-refractivity contribution in [1.29, 1.82) is 0 Å². The highest BCUT2D eigenvalue weighted by Crippen LogP contribution is 2.37. The lowest BCUT2D eigenvalue weighted by Crippen LogP contribution is -2.42. The molecule has 1 amide bonds. The number of halogens is 3. The summed E-state index contributed by atoms with van der Waals surface area (Å²) >= 11 is 0. The van der Waals surface area contributed by atoms with Gasteiger partial charge in [-0.05, 0) is 69.5 Å². The lowest BCUT2D eigenvalue weighted by atomic mass is 9.96. The predicted molar refractivity (Wildman–Crippen MR) is 133 cm³/mol. The van der Waals surface area contributed by atoms with E-state index < -0.39 is 17.8 Å². The number of carbonyl (C=O) groups is 1. The van der Waals surface area contributed by atoms with Crippen molar-refractivity contribution in [3.05, 3.63) is 53.7 Å². The maximum Gasteiger partial charge on any atom is 0.437 e. The van der Waals surface area contributed by atoms with E-state index in [1.807, 2.05) is 25.1 Å². The van der Waals surface area contributed by atoms with Gasteiger partial charge in [-0.15, -0.1) is 0 Å². The van der Waals surface area contributed by atoms with Crippen LogP contribution in [0.3, 0.4) is 0 Å². The first-order valence-electron chi connectivity index (χ1n) is 12.0. The molecule has 0 aliphatic carbocycles. The Morgan fingerprint density at radius 2 is 1.80 bits per heavy atom. The van der Waals surface area contributed by atoms with Crippen LogP contribution in [0.2, 0.25) is 0 Å². The number of aromatic nitrogens is 2. The Hall–Kier alpha value is -3.36. The topological polar surface area (TPSA) is 61.4 Å². The molecule has 1 aliphatic heterocycles. The van der Waals surface area contributed by atoms with Crippen LogP contribution in [0.15, 0.2) is 42.5 Å². The van der Waals surface area contributed by atoms with E-state index in [9.17, 15) is 18.0 Å². The zero-order chi connectivity index (χ0) is 25.2. The Bertz CT molecular complexity index is 1210. The first-order valence-corrected chi connectivity index (χ1v) is 12.0. The van der Waals surface area contributed by atoms with Gasteiger partial charge in [-0.25, -0.2) is 9.97 Å². The normalized spacial score (nSPS) is 16.4. The number of hydrogen-bond acceptors (Lipinski definition) is 5. The maximum absolute atomic E-state index is 13.8. The molecule has 0 bridgehead atoms. The molecule has 186 valence electrons. The summed E-state index contributed by atoms with van der Waals surface area (Å²) < 4.78 is 41.5. The zero-order valence-corrected chi connectivity index (χ0v) is 20.2. The Labute approximate surface area is 203 Å². The molecule has 0 saturated carbocycles. The van der Waals surface area contributed by atoms with Crippen LogP contribution < -0.4 is 15.1 Å². The fourth-order valence-electron chi connectivity index (χ4n) is 4.59. The molecule has 0 radical (unpaired) electrons. The van der Waals surface area contributed by atoms with Crippen molar-refractivity contribution in [1.82, 2.24) is 9.97 Å². The van der Waals surface area contributed by atoms with Gasteiger partial charge in [-0.2, -0.15) is 13.2 Å². The van der Waals surface area contributed by atoms with Gasteiger partial charge in [0.25, 0.3) is 0 Å². The quantitative estimate of drug-likeness (QED) is 0.488. The molecule has 1 atom stereocenters. The minimum absolute atomic E-state index is 0.151. The molecule has 3 aromatic rings. The van der Waals surface area contributed by atoms with Crippen LogP contribution in [0.1, 0.15) is 37.9 Å². The number of nitrogens with zero attached hydrogens (tertiary/aromatic N) is 4. The highest BCUT2D eigenvalue weighted by molar-refractivity contribution is 5.94. The molecule has 0 unspecified atom stereocenters. The fourth-order valence-corrected chi connectivity index (χ4v) is 4.59. The maximum atomic E-state index is 13.8. The van der Waals surface area contributed by atoms with Gasteiger partial charge in [0, 0.05) is 37.6 Å². The van der Waals surface area contributed by atoms with E-state index in [2.05, 4.69) is 34.0 Å². The van der Waals surface area contributed by atoms with E-state index in [1.54, 1.807) is 23.1 Å². The summed E-state index contributed by atoms with van der Waals surface area (Å²) in [5.74, 6) is -0.871. The van der Waals surface area contributed by atoms with Gasteiger partial charge in [0.05, 0.1) is 17.0 Å². The van der Waals surface area contributed by atoms with Crippen LogP contribution in [-0.2, 0) is 11.0 Å². The smallest absolute Gasteiger partial charge is 0.372 e. The third-order valence-corrected chi connectivity index (χ3v) is 6.51. The molecule has 4 rings (SSSR count). The van der Waals surface area contributed by atoms with E-state index >= 15 is 0 Å². The molecule has 1 aromatic heterocycles. The van der Waals surface area contributed by atoms with Gasteiger partial charge >= 0.3 is 6.18 Å². The van der Waals surface area contributed by atoms with E-state index in [1.165, 1.54) is 6.07 Å². The summed E-state index contributed by atoms with van der Waals surface area (Å²) in [4.78, 5) is 25.1. The number of aryl methyl sites for hydroxylation is 1. The van der Waals surface area contributed by atoms with Crippen LogP contribution in [0.5, 0.6) is 0 Å². The summed E-state index contributed by atoms with van der Waals surface area (Å²) in [5.41, 5.74) is 2.31. The Morgan fingerprint density at radius 1 is 1.11 bits per heavy atom. The number of nitrogens with one attached hydrogen (secondary N) is 1. The first kappa shape index (κ1) is 24.8. The molecule has 1 N–H and O–H groups in total. The zero-order valence-electron chi connectivity index (χ0n) is 20.2. The number of benzene rings is 2. The van der Waals surface area contributed by atoms with Crippen LogP contribution in [-0.4, -0.2) is 42.1 Å². The van der Waals surface area contributed by atoms with Crippen molar-refractivity contribution < 1.29 is 18.0 Å². The van der Waals surface area contributed by atoms with Crippen molar-refractivity contribution in [2.24, 2.45) is 5.92 Å². The van der Waals surface area contributed by atoms with Crippen molar-refractivity contribution >= 4 is 34.1 Å². The van der Waals surface area contributed by atoms with Crippen LogP contribution in [0.4, 0.5) is 30.4 Å². The second-order valence-corrected chi connectivity index (χ2v) is 8.83.